The first-order valence-electron chi connectivity index (χ1n) is 8.50. The second kappa shape index (κ2) is 8.13. The van der Waals surface area contributed by atoms with Gasteiger partial charge in [0.25, 0.3) is 5.91 Å². The number of para-hydroxylation sites is 3. The van der Waals surface area contributed by atoms with Crippen molar-refractivity contribution in [2.24, 2.45) is 0 Å². The average molecular weight is 396 g/mol. The van der Waals surface area contributed by atoms with Crippen LogP contribution in [0.1, 0.15) is 0 Å². The number of thioether (sulfide) groups is 1. The summed E-state index contributed by atoms with van der Waals surface area (Å²) in [5.41, 5.74) is 5.56. The number of rotatable bonds is 4. The summed E-state index contributed by atoms with van der Waals surface area (Å²) in [7, 11) is 0. The molecule has 0 unspecified atom stereocenters. The molecular formula is C19H16N4O4S. The predicted octanol–water partition coefficient (Wildman–Crippen LogP) is 1.71. The Morgan fingerprint density at radius 3 is 2.71 bits per heavy atom. The number of hydrogen-bond donors (Lipinski definition) is 2. The maximum Gasteiger partial charge on any atom is 0.283 e. The van der Waals surface area contributed by atoms with Crippen molar-refractivity contribution in [1.82, 2.24) is 20.8 Å². The molecule has 9 heteroatoms. The maximum absolute atomic E-state index is 12.2. The van der Waals surface area contributed by atoms with Crippen molar-refractivity contribution in [3.8, 4) is 11.5 Å². The van der Waals surface area contributed by atoms with Crippen molar-refractivity contribution < 1.29 is 19.1 Å². The van der Waals surface area contributed by atoms with Gasteiger partial charge >= 0.3 is 0 Å². The topological polar surface area (TPSA) is 102 Å². The fraction of sp³-hybridized carbons (Fsp3) is 0.158. The highest BCUT2D eigenvalue weighted by atomic mass is 32.2. The molecule has 0 spiro atoms. The van der Waals surface area contributed by atoms with Crippen LogP contribution in [0, 0.1) is 0 Å². The molecule has 28 heavy (non-hydrogen) atoms. The molecule has 1 atom stereocenters. The number of fused-ring (bicyclic) bond motifs is 2. The molecule has 2 aromatic carbocycles. The number of nitrogens with zero attached hydrogens (tertiary/aromatic N) is 2. The third-order valence-electron chi connectivity index (χ3n) is 3.97. The van der Waals surface area contributed by atoms with Gasteiger partial charge in [0.2, 0.25) is 12.0 Å². The van der Waals surface area contributed by atoms with Crippen LogP contribution in [0.2, 0.25) is 0 Å². The molecule has 142 valence electrons. The lowest BCUT2D eigenvalue weighted by atomic mass is 10.2. The van der Waals surface area contributed by atoms with Crippen LogP contribution in [0.3, 0.4) is 0 Å². The smallest absolute Gasteiger partial charge is 0.283 e. The summed E-state index contributed by atoms with van der Waals surface area (Å²) in [5.74, 6) is 0.320. The van der Waals surface area contributed by atoms with E-state index in [9.17, 15) is 9.59 Å². The van der Waals surface area contributed by atoms with Gasteiger partial charge in [-0.15, -0.1) is 0 Å². The van der Waals surface area contributed by atoms with Crippen LogP contribution in [0.15, 0.2) is 59.9 Å². The number of ether oxygens (including phenoxy) is 2. The number of aromatic nitrogens is 2. The van der Waals surface area contributed by atoms with Crippen LogP contribution in [-0.2, 0) is 9.59 Å². The van der Waals surface area contributed by atoms with Gasteiger partial charge in [0.1, 0.15) is 18.0 Å². The monoisotopic (exact) mass is 396 g/mol. The van der Waals surface area contributed by atoms with Gasteiger partial charge in [0, 0.05) is 5.39 Å². The van der Waals surface area contributed by atoms with Crippen LogP contribution < -0.4 is 20.3 Å². The Morgan fingerprint density at radius 1 is 1.04 bits per heavy atom. The third kappa shape index (κ3) is 3.99. The van der Waals surface area contributed by atoms with Crippen molar-refractivity contribution in [2.75, 3.05) is 12.4 Å². The minimum absolute atomic E-state index is 0.0698. The molecule has 3 aromatic rings. The van der Waals surface area contributed by atoms with Crippen molar-refractivity contribution in [1.29, 1.82) is 0 Å². The van der Waals surface area contributed by atoms with E-state index in [0.717, 1.165) is 10.9 Å². The Hall–Kier alpha value is -3.33. The van der Waals surface area contributed by atoms with Crippen LogP contribution in [0.4, 0.5) is 0 Å². The summed E-state index contributed by atoms with van der Waals surface area (Å²) in [5, 5.41) is 1.57. The first-order chi connectivity index (χ1) is 13.7. The molecule has 0 fully saturated rings. The lowest BCUT2D eigenvalue weighted by Gasteiger charge is -2.25. The van der Waals surface area contributed by atoms with E-state index in [1.807, 2.05) is 30.3 Å². The van der Waals surface area contributed by atoms with Gasteiger partial charge in [-0.2, -0.15) is 0 Å². The molecule has 2 heterocycles. The van der Waals surface area contributed by atoms with Gasteiger partial charge in [-0.25, -0.2) is 9.97 Å². The van der Waals surface area contributed by atoms with Gasteiger partial charge in [-0.1, -0.05) is 42.1 Å². The fourth-order valence-corrected chi connectivity index (χ4v) is 3.42. The summed E-state index contributed by atoms with van der Waals surface area (Å²) in [6.07, 6.45) is 0.622. The molecular weight excluding hydrogens is 380 g/mol. The molecule has 0 bridgehead atoms. The van der Waals surface area contributed by atoms with Crippen molar-refractivity contribution in [2.45, 2.75) is 11.1 Å². The minimum Gasteiger partial charge on any atom is -0.485 e. The quantitative estimate of drug-likeness (QED) is 0.393. The van der Waals surface area contributed by atoms with Gasteiger partial charge in [-0.05, 0) is 18.2 Å². The molecule has 1 aliphatic heterocycles. The Morgan fingerprint density at radius 2 is 1.82 bits per heavy atom. The summed E-state index contributed by atoms with van der Waals surface area (Å²) in [6, 6.07) is 14.7. The molecule has 2 amide bonds. The Balaban J connectivity index is 1.28. The van der Waals surface area contributed by atoms with E-state index in [1.54, 1.807) is 18.2 Å². The molecule has 1 aliphatic rings. The van der Waals surface area contributed by atoms with E-state index >= 15 is 0 Å². The lowest BCUT2D eigenvalue weighted by Crippen LogP contribution is -2.51. The zero-order chi connectivity index (χ0) is 19.3. The van der Waals surface area contributed by atoms with Crippen molar-refractivity contribution in [3.63, 3.8) is 0 Å². The highest BCUT2D eigenvalue weighted by Crippen LogP contribution is 2.30. The van der Waals surface area contributed by atoms with Gasteiger partial charge < -0.3 is 9.47 Å². The Kier molecular flexibility index (Phi) is 5.24. The van der Waals surface area contributed by atoms with Crippen LogP contribution >= 0.6 is 11.8 Å². The Bertz CT molecular complexity index is 1020. The highest BCUT2D eigenvalue weighted by Gasteiger charge is 2.27. The molecule has 0 radical (unpaired) electrons. The number of hydrazine groups is 1. The maximum atomic E-state index is 12.2. The number of benzene rings is 2. The minimum atomic E-state index is -0.839. The number of carbonyl (C=O) groups excluding carboxylic acids is 2. The standard InChI is InChI=1S/C19H16N4O4S/c24-17(10-28-19-12-5-1-2-6-13(12)20-11-21-19)22-23-18(25)16-9-26-14-7-3-4-8-15(14)27-16/h1-8,11,16H,9-10H2,(H,22,24)(H,23,25)/t16-/m1/s1. The molecule has 0 saturated heterocycles. The number of nitrogens with one attached hydrogen (secondary N) is 2. The highest BCUT2D eigenvalue weighted by molar-refractivity contribution is 8.00. The Labute approximate surface area is 164 Å². The molecule has 1 aromatic heterocycles. The first-order valence-corrected chi connectivity index (χ1v) is 9.49. The molecule has 0 saturated carbocycles. The van der Waals surface area contributed by atoms with Crippen LogP contribution in [0.25, 0.3) is 10.9 Å². The van der Waals surface area contributed by atoms with E-state index in [1.165, 1.54) is 18.1 Å². The molecule has 8 nitrogen and oxygen atoms in total. The largest absolute Gasteiger partial charge is 0.485 e. The predicted molar refractivity (Wildman–Crippen MR) is 103 cm³/mol. The van der Waals surface area contributed by atoms with E-state index in [4.69, 9.17) is 9.47 Å². The molecule has 2 N–H and O–H groups in total. The van der Waals surface area contributed by atoms with E-state index in [0.29, 0.717) is 16.5 Å². The number of hydrogen-bond acceptors (Lipinski definition) is 7. The molecule has 0 aliphatic carbocycles. The van der Waals surface area contributed by atoms with Crippen LogP contribution in [0.5, 0.6) is 11.5 Å². The second-order valence-corrected chi connectivity index (χ2v) is 6.85. The second-order valence-electron chi connectivity index (χ2n) is 5.89. The SMILES string of the molecule is O=C(CSc1ncnc2ccccc12)NNC(=O)[C@H]1COc2ccccc2O1. The number of amides is 2. The van der Waals surface area contributed by atoms with E-state index in [2.05, 4.69) is 20.8 Å². The van der Waals surface area contributed by atoms with Crippen molar-refractivity contribution >= 4 is 34.5 Å². The summed E-state index contributed by atoms with van der Waals surface area (Å²) in [4.78, 5) is 32.7. The van der Waals surface area contributed by atoms with Crippen molar-refractivity contribution in [3.05, 3.63) is 54.9 Å². The summed E-state index contributed by atoms with van der Waals surface area (Å²) in [6.45, 7) is 0.0698. The zero-order valence-corrected chi connectivity index (χ0v) is 15.4. The summed E-state index contributed by atoms with van der Waals surface area (Å²) >= 11 is 1.27. The van der Waals surface area contributed by atoms with Gasteiger partial charge in [0.05, 0.1) is 11.3 Å². The van der Waals surface area contributed by atoms with Crippen LogP contribution in [-0.4, -0.2) is 40.2 Å². The first kappa shape index (κ1) is 18.1. The average Bonchev–Trinajstić information content (AvgIpc) is 2.75. The number of carbonyl (C=O) groups is 2. The summed E-state index contributed by atoms with van der Waals surface area (Å²) < 4.78 is 11.1. The fourth-order valence-electron chi connectivity index (χ4n) is 2.63. The van der Waals surface area contributed by atoms with Gasteiger partial charge in [-0.3, -0.25) is 20.4 Å². The molecule has 4 rings (SSSR count). The van der Waals surface area contributed by atoms with E-state index < -0.39 is 12.0 Å². The van der Waals surface area contributed by atoms with E-state index in [-0.39, 0.29) is 18.3 Å². The normalized spacial score (nSPS) is 15.1. The lowest BCUT2D eigenvalue weighted by molar-refractivity contribution is -0.134. The zero-order valence-electron chi connectivity index (χ0n) is 14.6. The third-order valence-corrected chi connectivity index (χ3v) is 4.98. The van der Waals surface area contributed by atoms with Gasteiger partial charge in [0.15, 0.2) is 11.5 Å².